The molecule has 0 fully saturated rings. The van der Waals surface area contributed by atoms with Crippen molar-refractivity contribution in [2.75, 3.05) is 18.4 Å². The molecule has 1 N–H and O–H groups in total. The Morgan fingerprint density at radius 3 is 1.92 bits per heavy atom. The SMILES string of the molecule is CCCN(CCC)C(=O)c1ccc(NC(=O)c2ccc(F)cc2)cc1. The zero-order valence-electron chi connectivity index (χ0n) is 14.6. The van der Waals surface area contributed by atoms with Gasteiger partial charge in [0.25, 0.3) is 11.8 Å². The van der Waals surface area contributed by atoms with Gasteiger partial charge in [0.1, 0.15) is 5.82 Å². The van der Waals surface area contributed by atoms with E-state index in [1.165, 1.54) is 24.3 Å². The average molecular weight is 342 g/mol. The Morgan fingerprint density at radius 2 is 1.40 bits per heavy atom. The topological polar surface area (TPSA) is 49.4 Å². The van der Waals surface area contributed by atoms with Gasteiger partial charge in [-0.15, -0.1) is 0 Å². The maximum atomic E-state index is 12.9. The third-order valence-corrected chi connectivity index (χ3v) is 3.77. The van der Waals surface area contributed by atoms with Crippen LogP contribution in [0.5, 0.6) is 0 Å². The van der Waals surface area contributed by atoms with Gasteiger partial charge in [-0.2, -0.15) is 0 Å². The van der Waals surface area contributed by atoms with Crippen LogP contribution in [0.3, 0.4) is 0 Å². The van der Waals surface area contributed by atoms with Crippen molar-refractivity contribution in [1.82, 2.24) is 4.90 Å². The van der Waals surface area contributed by atoms with E-state index >= 15 is 0 Å². The van der Waals surface area contributed by atoms with Gasteiger partial charge in [0, 0.05) is 29.9 Å². The van der Waals surface area contributed by atoms with Gasteiger partial charge in [0.05, 0.1) is 0 Å². The number of carbonyl (C=O) groups excluding carboxylic acids is 2. The predicted molar refractivity (Wildman–Crippen MR) is 97.3 cm³/mol. The number of hydrogen-bond donors (Lipinski definition) is 1. The first-order valence-electron chi connectivity index (χ1n) is 8.51. The second-order valence-corrected chi connectivity index (χ2v) is 5.83. The normalized spacial score (nSPS) is 10.4. The van der Waals surface area contributed by atoms with Gasteiger partial charge in [0.2, 0.25) is 0 Å². The van der Waals surface area contributed by atoms with E-state index in [1.54, 1.807) is 24.3 Å². The summed E-state index contributed by atoms with van der Waals surface area (Å²) >= 11 is 0. The summed E-state index contributed by atoms with van der Waals surface area (Å²) in [6.45, 7) is 5.56. The first-order chi connectivity index (χ1) is 12.0. The highest BCUT2D eigenvalue weighted by Gasteiger charge is 2.14. The van der Waals surface area contributed by atoms with E-state index in [4.69, 9.17) is 0 Å². The molecule has 0 bridgehead atoms. The molecule has 0 heterocycles. The zero-order valence-corrected chi connectivity index (χ0v) is 14.6. The number of nitrogens with one attached hydrogen (secondary N) is 1. The fourth-order valence-corrected chi connectivity index (χ4v) is 2.54. The highest BCUT2D eigenvalue weighted by atomic mass is 19.1. The summed E-state index contributed by atoms with van der Waals surface area (Å²) in [5.41, 5.74) is 1.56. The summed E-state index contributed by atoms with van der Waals surface area (Å²) in [5.74, 6) is -0.707. The van der Waals surface area contributed by atoms with Crippen LogP contribution < -0.4 is 5.32 Å². The maximum Gasteiger partial charge on any atom is 0.255 e. The van der Waals surface area contributed by atoms with Crippen molar-refractivity contribution in [3.63, 3.8) is 0 Å². The summed E-state index contributed by atoms with van der Waals surface area (Å²) < 4.78 is 12.9. The van der Waals surface area contributed by atoms with E-state index in [0.29, 0.717) is 16.8 Å². The van der Waals surface area contributed by atoms with Crippen molar-refractivity contribution < 1.29 is 14.0 Å². The predicted octanol–water partition coefficient (Wildman–Crippen LogP) is 4.34. The Kier molecular flexibility index (Phi) is 6.69. The highest BCUT2D eigenvalue weighted by molar-refractivity contribution is 6.04. The Balaban J connectivity index is 2.04. The molecule has 4 nitrogen and oxygen atoms in total. The van der Waals surface area contributed by atoms with Gasteiger partial charge in [-0.3, -0.25) is 9.59 Å². The molecule has 0 aliphatic carbocycles. The molecule has 0 unspecified atom stereocenters. The summed E-state index contributed by atoms with van der Waals surface area (Å²) in [7, 11) is 0. The minimum absolute atomic E-state index is 0.000103. The molecular formula is C20H23FN2O2. The third kappa shape index (κ3) is 5.14. The highest BCUT2D eigenvalue weighted by Crippen LogP contribution is 2.14. The minimum Gasteiger partial charge on any atom is -0.339 e. The maximum absolute atomic E-state index is 12.9. The quantitative estimate of drug-likeness (QED) is 0.814. The van der Waals surface area contributed by atoms with E-state index in [2.05, 4.69) is 5.32 Å². The van der Waals surface area contributed by atoms with Crippen molar-refractivity contribution >= 4 is 17.5 Å². The number of benzene rings is 2. The van der Waals surface area contributed by atoms with Crippen LogP contribution in [-0.4, -0.2) is 29.8 Å². The van der Waals surface area contributed by atoms with Gasteiger partial charge in [-0.05, 0) is 61.4 Å². The molecule has 2 aromatic rings. The fraction of sp³-hybridized carbons (Fsp3) is 0.300. The largest absolute Gasteiger partial charge is 0.339 e. The van der Waals surface area contributed by atoms with E-state index in [-0.39, 0.29) is 17.6 Å². The van der Waals surface area contributed by atoms with Gasteiger partial charge < -0.3 is 10.2 Å². The molecule has 2 amide bonds. The summed E-state index contributed by atoms with van der Waals surface area (Å²) in [4.78, 5) is 26.5. The smallest absolute Gasteiger partial charge is 0.255 e. The molecule has 2 rings (SSSR count). The number of amides is 2. The lowest BCUT2D eigenvalue weighted by molar-refractivity contribution is 0.0755. The van der Waals surface area contributed by atoms with Crippen molar-refractivity contribution in [1.29, 1.82) is 0 Å². The van der Waals surface area contributed by atoms with Crippen molar-refractivity contribution in [3.05, 3.63) is 65.5 Å². The summed E-state index contributed by atoms with van der Waals surface area (Å²) in [5, 5.41) is 2.74. The first kappa shape index (κ1) is 18.6. The number of hydrogen-bond acceptors (Lipinski definition) is 2. The number of halogens is 1. The van der Waals surface area contributed by atoms with Crippen LogP contribution in [0.15, 0.2) is 48.5 Å². The van der Waals surface area contributed by atoms with Crippen molar-refractivity contribution in [3.8, 4) is 0 Å². The van der Waals surface area contributed by atoms with Crippen LogP contribution in [-0.2, 0) is 0 Å². The average Bonchev–Trinajstić information content (AvgIpc) is 2.62. The first-order valence-corrected chi connectivity index (χ1v) is 8.51. The molecule has 0 saturated heterocycles. The number of anilines is 1. The number of nitrogens with zero attached hydrogens (tertiary/aromatic N) is 1. The lowest BCUT2D eigenvalue weighted by Gasteiger charge is -2.21. The minimum atomic E-state index is -0.386. The zero-order chi connectivity index (χ0) is 18.2. The molecule has 25 heavy (non-hydrogen) atoms. The molecule has 0 aromatic heterocycles. The Morgan fingerprint density at radius 1 is 0.880 bits per heavy atom. The Hall–Kier alpha value is -2.69. The van der Waals surface area contributed by atoms with Crippen LogP contribution in [0.25, 0.3) is 0 Å². The molecule has 2 aromatic carbocycles. The molecule has 0 aliphatic heterocycles. The number of carbonyl (C=O) groups is 2. The van der Waals surface area contributed by atoms with Gasteiger partial charge in [-0.25, -0.2) is 4.39 Å². The van der Waals surface area contributed by atoms with E-state index in [0.717, 1.165) is 25.9 Å². The summed E-state index contributed by atoms with van der Waals surface area (Å²) in [6, 6.07) is 12.2. The standard InChI is InChI=1S/C20H23FN2O2/c1-3-13-23(14-4-2)20(25)16-7-11-18(12-8-16)22-19(24)15-5-9-17(21)10-6-15/h5-12H,3-4,13-14H2,1-2H3,(H,22,24). The van der Waals surface area contributed by atoms with E-state index in [9.17, 15) is 14.0 Å². The van der Waals surface area contributed by atoms with Crippen LogP contribution in [0.1, 0.15) is 47.4 Å². The monoisotopic (exact) mass is 342 g/mol. The summed E-state index contributed by atoms with van der Waals surface area (Å²) in [6.07, 6.45) is 1.83. The molecule has 5 heteroatoms. The molecule has 0 atom stereocenters. The number of rotatable bonds is 7. The second-order valence-electron chi connectivity index (χ2n) is 5.83. The van der Waals surface area contributed by atoms with Crippen LogP contribution in [0, 0.1) is 5.82 Å². The van der Waals surface area contributed by atoms with Gasteiger partial charge in [0.15, 0.2) is 0 Å². The lowest BCUT2D eigenvalue weighted by atomic mass is 10.1. The lowest BCUT2D eigenvalue weighted by Crippen LogP contribution is -2.32. The second kappa shape index (κ2) is 8.97. The van der Waals surface area contributed by atoms with Crippen molar-refractivity contribution in [2.24, 2.45) is 0 Å². The third-order valence-electron chi connectivity index (χ3n) is 3.77. The van der Waals surface area contributed by atoms with Gasteiger partial charge in [-0.1, -0.05) is 13.8 Å². The molecule has 0 saturated carbocycles. The molecular weight excluding hydrogens is 319 g/mol. The van der Waals surface area contributed by atoms with Crippen LogP contribution in [0.4, 0.5) is 10.1 Å². The molecule has 0 aliphatic rings. The Labute approximate surface area is 147 Å². The Bertz CT molecular complexity index is 705. The molecule has 0 spiro atoms. The van der Waals surface area contributed by atoms with E-state index in [1.807, 2.05) is 18.7 Å². The van der Waals surface area contributed by atoms with Crippen molar-refractivity contribution in [2.45, 2.75) is 26.7 Å². The molecule has 0 radical (unpaired) electrons. The molecule has 132 valence electrons. The fourth-order valence-electron chi connectivity index (χ4n) is 2.54. The van der Waals surface area contributed by atoms with E-state index < -0.39 is 0 Å². The van der Waals surface area contributed by atoms with Crippen LogP contribution in [0.2, 0.25) is 0 Å². The van der Waals surface area contributed by atoms with Gasteiger partial charge >= 0.3 is 0 Å². The van der Waals surface area contributed by atoms with Crippen LogP contribution >= 0.6 is 0 Å².